The summed E-state index contributed by atoms with van der Waals surface area (Å²) in [7, 11) is 1.63. The zero-order chi connectivity index (χ0) is 10.8. The summed E-state index contributed by atoms with van der Waals surface area (Å²) in [6, 6.07) is 9.40. The number of aromatic nitrogens is 3. The molecule has 0 radical (unpaired) electrons. The summed E-state index contributed by atoms with van der Waals surface area (Å²) in [4.78, 5) is 15.9. The molecule has 0 fully saturated rings. The predicted molar refractivity (Wildman–Crippen MR) is 57.4 cm³/mol. The van der Waals surface area contributed by atoms with Crippen molar-refractivity contribution >= 4 is 0 Å². The lowest BCUT2D eigenvalue weighted by Gasteiger charge is -2.03. The fourth-order valence-electron chi connectivity index (χ4n) is 1.43. The summed E-state index contributed by atoms with van der Waals surface area (Å²) in [5, 5.41) is 3.95. The summed E-state index contributed by atoms with van der Waals surface area (Å²) >= 11 is 0. The standard InChI is InChI=1S/C11H11N3O/c1-8-12-10(11(15)14(2)13-8)9-6-4-3-5-7-9/h3-7H,1-2H3. The van der Waals surface area contributed by atoms with Gasteiger partial charge in [-0.2, -0.15) is 5.10 Å². The molecule has 4 nitrogen and oxygen atoms in total. The molecule has 2 aromatic rings. The number of nitrogens with zero attached hydrogens (tertiary/aromatic N) is 3. The number of aryl methyl sites for hydroxylation is 2. The van der Waals surface area contributed by atoms with Crippen molar-refractivity contribution in [1.29, 1.82) is 0 Å². The van der Waals surface area contributed by atoms with Gasteiger partial charge in [-0.05, 0) is 6.92 Å². The lowest BCUT2D eigenvalue weighted by Crippen LogP contribution is -2.23. The van der Waals surface area contributed by atoms with Crippen molar-refractivity contribution in [3.05, 3.63) is 46.5 Å². The summed E-state index contributed by atoms with van der Waals surface area (Å²) < 4.78 is 1.31. The highest BCUT2D eigenvalue weighted by molar-refractivity contribution is 5.57. The maximum Gasteiger partial charge on any atom is 0.293 e. The Morgan fingerprint density at radius 3 is 2.53 bits per heavy atom. The molecule has 0 unspecified atom stereocenters. The summed E-state index contributed by atoms with van der Waals surface area (Å²) in [5.41, 5.74) is 1.10. The van der Waals surface area contributed by atoms with Crippen LogP contribution in [0.2, 0.25) is 0 Å². The fraction of sp³-hybridized carbons (Fsp3) is 0.182. The largest absolute Gasteiger partial charge is 0.293 e. The van der Waals surface area contributed by atoms with Crippen LogP contribution in [0.5, 0.6) is 0 Å². The number of benzene rings is 1. The van der Waals surface area contributed by atoms with Crippen LogP contribution in [-0.4, -0.2) is 14.8 Å². The first kappa shape index (κ1) is 9.58. The molecule has 76 valence electrons. The lowest BCUT2D eigenvalue weighted by molar-refractivity contribution is 0.672. The zero-order valence-electron chi connectivity index (χ0n) is 8.64. The minimum atomic E-state index is -0.174. The van der Waals surface area contributed by atoms with Gasteiger partial charge < -0.3 is 0 Å². The summed E-state index contributed by atoms with van der Waals surface area (Å²) in [6.07, 6.45) is 0. The SMILES string of the molecule is Cc1nc(-c2ccccc2)c(=O)n(C)n1. The Morgan fingerprint density at radius 2 is 1.87 bits per heavy atom. The topological polar surface area (TPSA) is 47.8 Å². The fourth-order valence-corrected chi connectivity index (χ4v) is 1.43. The maximum absolute atomic E-state index is 11.8. The van der Waals surface area contributed by atoms with Crippen molar-refractivity contribution in [2.45, 2.75) is 6.92 Å². The second-order valence-electron chi connectivity index (χ2n) is 3.30. The van der Waals surface area contributed by atoms with Gasteiger partial charge in [0.25, 0.3) is 5.56 Å². The van der Waals surface area contributed by atoms with Gasteiger partial charge in [0, 0.05) is 12.6 Å². The monoisotopic (exact) mass is 201 g/mol. The third-order valence-corrected chi connectivity index (χ3v) is 2.11. The Morgan fingerprint density at radius 1 is 1.20 bits per heavy atom. The van der Waals surface area contributed by atoms with E-state index >= 15 is 0 Å². The van der Waals surface area contributed by atoms with E-state index in [4.69, 9.17) is 0 Å². The Hall–Kier alpha value is -1.97. The molecule has 1 aromatic carbocycles. The molecule has 1 aromatic heterocycles. The van der Waals surface area contributed by atoms with Gasteiger partial charge in [0.15, 0.2) is 0 Å². The van der Waals surface area contributed by atoms with Gasteiger partial charge in [-0.3, -0.25) is 4.79 Å². The molecule has 15 heavy (non-hydrogen) atoms. The van der Waals surface area contributed by atoms with E-state index in [2.05, 4.69) is 10.1 Å². The second kappa shape index (κ2) is 3.65. The van der Waals surface area contributed by atoms with Crippen molar-refractivity contribution in [3.8, 4) is 11.3 Å². The maximum atomic E-state index is 11.8. The van der Waals surface area contributed by atoms with Crippen molar-refractivity contribution in [2.75, 3.05) is 0 Å². The van der Waals surface area contributed by atoms with Crippen LogP contribution in [-0.2, 0) is 7.05 Å². The van der Waals surface area contributed by atoms with E-state index in [0.717, 1.165) is 5.56 Å². The van der Waals surface area contributed by atoms with Crippen LogP contribution >= 0.6 is 0 Å². The zero-order valence-corrected chi connectivity index (χ0v) is 8.64. The molecule has 0 aliphatic heterocycles. The number of rotatable bonds is 1. The van der Waals surface area contributed by atoms with E-state index in [1.54, 1.807) is 14.0 Å². The van der Waals surface area contributed by atoms with Crippen LogP contribution in [0.25, 0.3) is 11.3 Å². The minimum absolute atomic E-state index is 0.174. The van der Waals surface area contributed by atoms with Crippen molar-refractivity contribution in [3.63, 3.8) is 0 Å². The summed E-state index contributed by atoms with van der Waals surface area (Å²) in [5.74, 6) is 0.593. The smallest absolute Gasteiger partial charge is 0.265 e. The van der Waals surface area contributed by atoms with E-state index in [9.17, 15) is 4.79 Å². The lowest BCUT2D eigenvalue weighted by atomic mass is 10.2. The van der Waals surface area contributed by atoms with Crippen LogP contribution in [0.3, 0.4) is 0 Å². The van der Waals surface area contributed by atoms with Crippen LogP contribution in [0.1, 0.15) is 5.82 Å². The van der Waals surface area contributed by atoms with E-state index < -0.39 is 0 Å². The van der Waals surface area contributed by atoms with Gasteiger partial charge in [-0.25, -0.2) is 9.67 Å². The molecule has 0 aliphatic carbocycles. The van der Waals surface area contributed by atoms with Crippen LogP contribution < -0.4 is 5.56 Å². The predicted octanol–water partition coefficient (Wildman–Crippen LogP) is 1.15. The molecule has 2 rings (SSSR count). The van der Waals surface area contributed by atoms with Crippen molar-refractivity contribution < 1.29 is 0 Å². The van der Waals surface area contributed by atoms with Gasteiger partial charge in [-0.15, -0.1) is 0 Å². The van der Waals surface area contributed by atoms with Crippen LogP contribution in [0.15, 0.2) is 35.1 Å². The Kier molecular flexibility index (Phi) is 2.33. The first-order valence-corrected chi connectivity index (χ1v) is 4.66. The molecule has 0 saturated carbocycles. The van der Waals surface area contributed by atoms with Gasteiger partial charge >= 0.3 is 0 Å². The Labute approximate surface area is 87.2 Å². The quantitative estimate of drug-likeness (QED) is 0.695. The van der Waals surface area contributed by atoms with E-state index in [-0.39, 0.29) is 5.56 Å². The third-order valence-electron chi connectivity index (χ3n) is 2.11. The van der Waals surface area contributed by atoms with E-state index in [1.807, 2.05) is 30.3 Å². The van der Waals surface area contributed by atoms with Crippen LogP contribution in [0, 0.1) is 6.92 Å². The average Bonchev–Trinajstić information content (AvgIpc) is 2.24. The normalized spacial score (nSPS) is 10.3. The first-order valence-electron chi connectivity index (χ1n) is 4.66. The molecular formula is C11H11N3O. The molecule has 0 saturated heterocycles. The molecule has 1 heterocycles. The number of hydrogen-bond acceptors (Lipinski definition) is 3. The Bertz CT molecular complexity index is 531. The van der Waals surface area contributed by atoms with Gasteiger partial charge in [-0.1, -0.05) is 30.3 Å². The van der Waals surface area contributed by atoms with Crippen molar-refractivity contribution in [2.24, 2.45) is 7.05 Å². The van der Waals surface area contributed by atoms with Crippen molar-refractivity contribution in [1.82, 2.24) is 14.8 Å². The molecular weight excluding hydrogens is 190 g/mol. The second-order valence-corrected chi connectivity index (χ2v) is 3.30. The first-order chi connectivity index (χ1) is 7.18. The third kappa shape index (κ3) is 1.79. The Balaban J connectivity index is 2.69. The highest BCUT2D eigenvalue weighted by Crippen LogP contribution is 2.11. The molecule has 0 amide bonds. The van der Waals surface area contributed by atoms with Crippen LogP contribution in [0.4, 0.5) is 0 Å². The average molecular weight is 201 g/mol. The minimum Gasteiger partial charge on any atom is -0.265 e. The van der Waals surface area contributed by atoms with E-state index in [0.29, 0.717) is 11.5 Å². The summed E-state index contributed by atoms with van der Waals surface area (Å²) in [6.45, 7) is 1.77. The molecule has 4 heteroatoms. The molecule has 0 spiro atoms. The molecule has 0 aliphatic rings. The highest BCUT2D eigenvalue weighted by Gasteiger charge is 2.07. The molecule has 0 atom stereocenters. The molecule has 0 N–H and O–H groups in total. The van der Waals surface area contributed by atoms with E-state index in [1.165, 1.54) is 4.68 Å². The van der Waals surface area contributed by atoms with Gasteiger partial charge in [0.1, 0.15) is 11.5 Å². The van der Waals surface area contributed by atoms with Gasteiger partial charge in [0.2, 0.25) is 0 Å². The number of hydrogen-bond donors (Lipinski definition) is 0. The van der Waals surface area contributed by atoms with Gasteiger partial charge in [0.05, 0.1) is 0 Å². The molecule has 0 bridgehead atoms. The highest BCUT2D eigenvalue weighted by atomic mass is 16.1.